The minimum absolute atomic E-state index is 0.0211. The van der Waals surface area contributed by atoms with Gasteiger partial charge in [0.25, 0.3) is 0 Å². The van der Waals surface area contributed by atoms with Gasteiger partial charge in [-0.05, 0) is 5.56 Å². The van der Waals surface area contributed by atoms with Crippen molar-refractivity contribution in [1.82, 2.24) is 4.90 Å². The molecule has 3 heteroatoms. The average Bonchev–Trinajstić information content (AvgIpc) is 2.23. The summed E-state index contributed by atoms with van der Waals surface area (Å²) in [6, 6.07) is 12.7. The van der Waals surface area contributed by atoms with Gasteiger partial charge in [-0.15, -0.1) is 0 Å². The predicted molar refractivity (Wildman–Crippen MR) is 59.1 cm³/mol. The van der Waals surface area contributed by atoms with E-state index in [1.54, 1.807) is 0 Å². The Hall–Kier alpha value is -1.37. The highest BCUT2D eigenvalue weighted by atomic mass is 15.2. The maximum Gasteiger partial charge on any atom is 0.102 e. The highest BCUT2D eigenvalue weighted by molar-refractivity contribution is 5.18. The third kappa shape index (κ3) is 2.35. The first-order chi connectivity index (χ1) is 7.29. The van der Waals surface area contributed by atoms with E-state index in [9.17, 15) is 0 Å². The van der Waals surface area contributed by atoms with Gasteiger partial charge in [0, 0.05) is 25.6 Å². The second-order valence-corrected chi connectivity index (χ2v) is 4.05. The molecule has 15 heavy (non-hydrogen) atoms. The highest BCUT2D eigenvalue weighted by Crippen LogP contribution is 2.14. The predicted octanol–water partition coefficient (Wildman–Crippen LogP) is 0.764. The number of nitriles is 1. The summed E-state index contributed by atoms with van der Waals surface area (Å²) in [4.78, 5) is 2.14. The molecule has 1 aromatic carbocycles. The van der Waals surface area contributed by atoms with Crippen molar-refractivity contribution in [2.75, 3.05) is 13.1 Å². The van der Waals surface area contributed by atoms with E-state index in [0.717, 1.165) is 19.5 Å². The van der Waals surface area contributed by atoms with Gasteiger partial charge in [0.05, 0.1) is 6.07 Å². The smallest absolute Gasteiger partial charge is 0.102 e. The van der Waals surface area contributed by atoms with Crippen LogP contribution in [0.15, 0.2) is 30.3 Å². The van der Waals surface area contributed by atoms with Crippen LogP contribution in [0.1, 0.15) is 5.56 Å². The molecule has 0 unspecified atom stereocenters. The van der Waals surface area contributed by atoms with Crippen molar-refractivity contribution in [2.45, 2.75) is 18.5 Å². The Morgan fingerprint density at radius 2 is 2.07 bits per heavy atom. The van der Waals surface area contributed by atoms with E-state index in [2.05, 4.69) is 23.1 Å². The van der Waals surface area contributed by atoms with Crippen molar-refractivity contribution < 1.29 is 0 Å². The summed E-state index contributed by atoms with van der Waals surface area (Å²) in [5.74, 6) is 0. The Kier molecular flexibility index (Phi) is 3.00. The quantitative estimate of drug-likeness (QED) is 0.785. The summed E-state index contributed by atoms with van der Waals surface area (Å²) >= 11 is 0. The van der Waals surface area contributed by atoms with Gasteiger partial charge in [-0.3, -0.25) is 4.90 Å². The highest BCUT2D eigenvalue weighted by Gasteiger charge is 2.29. The Bertz CT molecular complexity index is 349. The number of benzene rings is 1. The van der Waals surface area contributed by atoms with Crippen LogP contribution in [-0.2, 0) is 6.42 Å². The fraction of sp³-hybridized carbons (Fsp3) is 0.417. The number of nitrogens with zero attached hydrogens (tertiary/aromatic N) is 2. The van der Waals surface area contributed by atoms with Gasteiger partial charge in [-0.2, -0.15) is 5.26 Å². The lowest BCUT2D eigenvalue weighted by molar-refractivity contribution is 0.121. The number of hydrogen-bond donors (Lipinski definition) is 1. The van der Waals surface area contributed by atoms with Gasteiger partial charge >= 0.3 is 0 Å². The van der Waals surface area contributed by atoms with Crippen molar-refractivity contribution in [2.24, 2.45) is 5.73 Å². The summed E-state index contributed by atoms with van der Waals surface area (Å²) in [6.07, 6.45) is 0.796. The van der Waals surface area contributed by atoms with Crippen molar-refractivity contribution in [3.63, 3.8) is 0 Å². The fourth-order valence-corrected chi connectivity index (χ4v) is 1.90. The number of nitrogens with two attached hydrogens (primary N) is 1. The van der Waals surface area contributed by atoms with Crippen LogP contribution in [0.2, 0.25) is 0 Å². The van der Waals surface area contributed by atoms with Crippen molar-refractivity contribution in [1.29, 1.82) is 5.26 Å². The maximum absolute atomic E-state index is 9.08. The van der Waals surface area contributed by atoms with E-state index in [0.29, 0.717) is 0 Å². The zero-order valence-electron chi connectivity index (χ0n) is 8.63. The Morgan fingerprint density at radius 1 is 1.40 bits per heavy atom. The molecule has 0 amide bonds. The van der Waals surface area contributed by atoms with Gasteiger partial charge in [0.2, 0.25) is 0 Å². The van der Waals surface area contributed by atoms with E-state index in [4.69, 9.17) is 11.0 Å². The van der Waals surface area contributed by atoms with Gasteiger partial charge in [0.1, 0.15) is 6.04 Å². The van der Waals surface area contributed by atoms with E-state index in [1.807, 2.05) is 18.2 Å². The summed E-state index contributed by atoms with van der Waals surface area (Å²) in [5, 5.41) is 9.08. The lowest BCUT2D eigenvalue weighted by Gasteiger charge is -2.39. The van der Waals surface area contributed by atoms with Crippen LogP contribution < -0.4 is 5.73 Å². The summed E-state index contributed by atoms with van der Waals surface area (Å²) in [5.41, 5.74) is 6.92. The fourth-order valence-electron chi connectivity index (χ4n) is 1.90. The van der Waals surface area contributed by atoms with Crippen LogP contribution in [0.25, 0.3) is 0 Å². The molecular weight excluding hydrogens is 186 g/mol. The molecule has 0 bridgehead atoms. The Labute approximate surface area is 90.1 Å². The van der Waals surface area contributed by atoms with Crippen molar-refractivity contribution in [3.05, 3.63) is 35.9 Å². The number of rotatable bonds is 3. The summed E-state index contributed by atoms with van der Waals surface area (Å²) in [6.45, 7) is 1.70. The Morgan fingerprint density at radius 3 is 2.60 bits per heavy atom. The minimum atomic E-state index is -0.0211. The average molecular weight is 201 g/mol. The van der Waals surface area contributed by atoms with Gasteiger partial charge < -0.3 is 5.73 Å². The molecular formula is C12H15N3. The van der Waals surface area contributed by atoms with Gasteiger partial charge in [-0.25, -0.2) is 0 Å². The molecule has 0 aromatic heterocycles. The molecule has 1 fully saturated rings. The zero-order chi connectivity index (χ0) is 10.7. The molecule has 2 N–H and O–H groups in total. The molecule has 3 nitrogen and oxygen atoms in total. The summed E-state index contributed by atoms with van der Waals surface area (Å²) < 4.78 is 0. The normalized spacial score (nSPS) is 19.2. The van der Waals surface area contributed by atoms with Crippen LogP contribution in [-0.4, -0.2) is 30.1 Å². The molecule has 1 aliphatic rings. The zero-order valence-corrected chi connectivity index (χ0v) is 8.63. The minimum Gasteiger partial charge on any atom is -0.325 e. The summed E-state index contributed by atoms with van der Waals surface area (Å²) in [7, 11) is 0. The Balaban J connectivity index is 1.95. The third-order valence-corrected chi connectivity index (χ3v) is 2.80. The van der Waals surface area contributed by atoms with Gasteiger partial charge in [-0.1, -0.05) is 30.3 Å². The monoisotopic (exact) mass is 201 g/mol. The van der Waals surface area contributed by atoms with Crippen LogP contribution in [0.5, 0.6) is 0 Å². The van der Waals surface area contributed by atoms with Crippen molar-refractivity contribution in [3.8, 4) is 6.07 Å². The lowest BCUT2D eigenvalue weighted by atomic mass is 10.0. The second kappa shape index (κ2) is 4.43. The SMILES string of the molecule is N#C[C@H](Cc1ccccc1)N1CC(N)C1. The van der Waals surface area contributed by atoms with Crippen LogP contribution in [0, 0.1) is 11.3 Å². The van der Waals surface area contributed by atoms with E-state index >= 15 is 0 Å². The number of hydrogen-bond acceptors (Lipinski definition) is 3. The number of likely N-dealkylation sites (tertiary alicyclic amines) is 1. The molecule has 1 atom stereocenters. The molecule has 1 aliphatic heterocycles. The molecule has 0 radical (unpaired) electrons. The molecule has 1 saturated heterocycles. The van der Waals surface area contributed by atoms with E-state index < -0.39 is 0 Å². The molecule has 0 aliphatic carbocycles. The van der Waals surface area contributed by atoms with Crippen LogP contribution >= 0.6 is 0 Å². The van der Waals surface area contributed by atoms with Gasteiger partial charge in [0.15, 0.2) is 0 Å². The molecule has 0 spiro atoms. The van der Waals surface area contributed by atoms with Crippen LogP contribution in [0.3, 0.4) is 0 Å². The molecule has 1 aromatic rings. The topological polar surface area (TPSA) is 53.0 Å². The first-order valence-electron chi connectivity index (χ1n) is 5.23. The largest absolute Gasteiger partial charge is 0.325 e. The maximum atomic E-state index is 9.08. The molecule has 78 valence electrons. The second-order valence-electron chi connectivity index (χ2n) is 4.05. The first-order valence-corrected chi connectivity index (χ1v) is 5.23. The molecule has 1 heterocycles. The molecule has 0 saturated carbocycles. The standard InChI is InChI=1S/C12H15N3/c13-7-12(15-8-11(14)9-15)6-10-4-2-1-3-5-10/h1-5,11-12H,6,8-9,14H2/t12-/m0/s1. The third-order valence-electron chi connectivity index (χ3n) is 2.80. The first kappa shape index (κ1) is 10.2. The van der Waals surface area contributed by atoms with Crippen LogP contribution in [0.4, 0.5) is 0 Å². The lowest BCUT2D eigenvalue weighted by Crippen LogP contribution is -2.59. The molecule has 2 rings (SSSR count). The van der Waals surface area contributed by atoms with E-state index in [1.165, 1.54) is 5.56 Å². The van der Waals surface area contributed by atoms with E-state index in [-0.39, 0.29) is 12.1 Å². The van der Waals surface area contributed by atoms with Crippen molar-refractivity contribution >= 4 is 0 Å².